The van der Waals surface area contributed by atoms with E-state index in [9.17, 15) is 14.7 Å². The fourth-order valence-corrected chi connectivity index (χ4v) is 3.34. The molecule has 5 nitrogen and oxygen atoms in total. The number of carbonyl (C=O) groups excluding carboxylic acids is 1. The van der Waals surface area contributed by atoms with Crippen molar-refractivity contribution < 1.29 is 19.8 Å². The van der Waals surface area contributed by atoms with Crippen LogP contribution in [-0.4, -0.2) is 46.2 Å². The number of carboxylic acid groups (broad SMARTS) is 1. The lowest BCUT2D eigenvalue weighted by Crippen LogP contribution is -2.45. The van der Waals surface area contributed by atoms with Gasteiger partial charge in [0.15, 0.2) is 0 Å². The Morgan fingerprint density at radius 3 is 2.42 bits per heavy atom. The van der Waals surface area contributed by atoms with Gasteiger partial charge in [0.05, 0.1) is 18.4 Å². The molecule has 6 heteroatoms. The fraction of sp³-hybridized carbons (Fsp3) is 0.846. The van der Waals surface area contributed by atoms with Crippen LogP contribution in [0.2, 0.25) is 0 Å². The Morgan fingerprint density at radius 2 is 1.95 bits per heavy atom. The van der Waals surface area contributed by atoms with Crippen LogP contribution in [0.1, 0.15) is 26.7 Å². The maximum absolute atomic E-state index is 12.2. The largest absolute Gasteiger partial charge is 0.481 e. The number of aliphatic carboxylic acids is 1. The first kappa shape index (κ1) is 16.3. The summed E-state index contributed by atoms with van der Waals surface area (Å²) in [5, 5.41) is 21.1. The Balaban J connectivity index is 2.64. The van der Waals surface area contributed by atoms with Crippen molar-refractivity contribution in [2.24, 2.45) is 17.8 Å². The molecule has 1 aliphatic rings. The van der Waals surface area contributed by atoms with Crippen molar-refractivity contribution in [2.75, 3.05) is 12.9 Å². The molecular weight excluding hydrogens is 266 g/mol. The highest BCUT2D eigenvalue weighted by Crippen LogP contribution is 2.36. The van der Waals surface area contributed by atoms with Crippen molar-refractivity contribution in [1.29, 1.82) is 0 Å². The summed E-state index contributed by atoms with van der Waals surface area (Å²) in [7, 11) is 0. The first-order chi connectivity index (χ1) is 8.90. The van der Waals surface area contributed by atoms with E-state index < -0.39 is 17.8 Å². The lowest BCUT2D eigenvalue weighted by Gasteiger charge is -2.24. The van der Waals surface area contributed by atoms with Crippen LogP contribution in [-0.2, 0) is 9.59 Å². The standard InChI is InChI=1S/C13H23NO4S/c1-7-4-9(10(5-7)13(17)18)12(16)14-8(2)11(6-15)19-3/h7-11,15H,4-6H2,1-3H3,(H,14,16)(H,17,18)/t7?,8?,9-,10+,11?/m0/s1. The number of hydrogen-bond donors (Lipinski definition) is 3. The third-order valence-electron chi connectivity index (χ3n) is 3.86. The summed E-state index contributed by atoms with van der Waals surface area (Å²) < 4.78 is 0. The molecule has 19 heavy (non-hydrogen) atoms. The van der Waals surface area contributed by atoms with Gasteiger partial charge in [-0.3, -0.25) is 9.59 Å². The minimum atomic E-state index is -0.888. The third-order valence-corrected chi connectivity index (χ3v) is 5.03. The minimum Gasteiger partial charge on any atom is -0.481 e. The zero-order chi connectivity index (χ0) is 14.6. The van der Waals surface area contributed by atoms with Gasteiger partial charge in [0.25, 0.3) is 0 Å². The van der Waals surface area contributed by atoms with Crippen LogP contribution in [0.25, 0.3) is 0 Å². The second kappa shape index (κ2) is 7.14. The average molecular weight is 289 g/mol. The van der Waals surface area contributed by atoms with E-state index in [-0.39, 0.29) is 29.7 Å². The monoisotopic (exact) mass is 289 g/mol. The van der Waals surface area contributed by atoms with Gasteiger partial charge in [-0.1, -0.05) is 6.92 Å². The molecule has 1 saturated carbocycles. The number of amides is 1. The molecule has 1 aliphatic carbocycles. The highest BCUT2D eigenvalue weighted by molar-refractivity contribution is 7.99. The minimum absolute atomic E-state index is 0.00789. The Kier molecular flexibility index (Phi) is 6.13. The smallest absolute Gasteiger partial charge is 0.307 e. The van der Waals surface area contributed by atoms with Gasteiger partial charge in [0.1, 0.15) is 0 Å². The number of carboxylic acids is 1. The van der Waals surface area contributed by atoms with E-state index in [1.165, 1.54) is 11.8 Å². The van der Waals surface area contributed by atoms with Gasteiger partial charge < -0.3 is 15.5 Å². The molecule has 0 heterocycles. The number of carbonyl (C=O) groups is 2. The van der Waals surface area contributed by atoms with Crippen LogP contribution >= 0.6 is 11.8 Å². The summed E-state index contributed by atoms with van der Waals surface area (Å²) in [5.74, 6) is -1.85. The van der Waals surface area contributed by atoms with Crippen LogP contribution in [0.4, 0.5) is 0 Å². The van der Waals surface area contributed by atoms with Crippen LogP contribution in [0.15, 0.2) is 0 Å². The second-order valence-corrected chi connectivity index (χ2v) is 6.46. The van der Waals surface area contributed by atoms with Crippen LogP contribution < -0.4 is 5.32 Å². The van der Waals surface area contributed by atoms with Crippen molar-refractivity contribution in [2.45, 2.75) is 38.0 Å². The van der Waals surface area contributed by atoms with Crippen LogP contribution in [0.3, 0.4) is 0 Å². The number of rotatable bonds is 6. The van der Waals surface area contributed by atoms with Crippen molar-refractivity contribution >= 4 is 23.6 Å². The lowest BCUT2D eigenvalue weighted by atomic mass is 9.95. The van der Waals surface area contributed by atoms with Crippen molar-refractivity contribution in [3.63, 3.8) is 0 Å². The topological polar surface area (TPSA) is 86.6 Å². The molecule has 0 saturated heterocycles. The van der Waals surface area contributed by atoms with E-state index >= 15 is 0 Å². The number of thioether (sulfide) groups is 1. The number of hydrogen-bond acceptors (Lipinski definition) is 4. The highest BCUT2D eigenvalue weighted by atomic mass is 32.2. The number of aliphatic hydroxyl groups excluding tert-OH is 1. The Bertz CT molecular complexity index is 333. The summed E-state index contributed by atoms with van der Waals surface area (Å²) in [6, 6.07) is -0.169. The van der Waals surface area contributed by atoms with Crippen molar-refractivity contribution in [1.82, 2.24) is 5.32 Å². The molecule has 1 amide bonds. The fourth-order valence-electron chi connectivity index (χ4n) is 2.72. The molecule has 110 valence electrons. The van der Waals surface area contributed by atoms with Gasteiger partial charge in [0.2, 0.25) is 5.91 Å². The predicted molar refractivity (Wildman–Crippen MR) is 75.0 cm³/mol. The maximum atomic E-state index is 12.2. The third kappa shape index (κ3) is 4.11. The van der Waals surface area contributed by atoms with Crippen molar-refractivity contribution in [3.05, 3.63) is 0 Å². The van der Waals surface area contributed by atoms with E-state index in [1.54, 1.807) is 0 Å². The van der Waals surface area contributed by atoms with E-state index in [1.807, 2.05) is 20.1 Å². The quantitative estimate of drug-likeness (QED) is 0.678. The summed E-state index contributed by atoms with van der Waals surface area (Å²) >= 11 is 1.49. The van der Waals surface area contributed by atoms with Crippen molar-refractivity contribution in [3.8, 4) is 0 Å². The second-order valence-electron chi connectivity index (χ2n) is 5.38. The Hall–Kier alpha value is -0.750. The van der Waals surface area contributed by atoms with Gasteiger partial charge in [-0.05, 0) is 31.9 Å². The molecule has 0 bridgehead atoms. The summed E-state index contributed by atoms with van der Waals surface area (Å²) in [4.78, 5) is 23.4. The van der Waals surface area contributed by atoms with Gasteiger partial charge >= 0.3 is 5.97 Å². The molecule has 0 spiro atoms. The summed E-state index contributed by atoms with van der Waals surface area (Å²) in [5.41, 5.74) is 0. The molecule has 0 aromatic carbocycles. The van der Waals surface area contributed by atoms with Gasteiger partial charge in [-0.2, -0.15) is 11.8 Å². The molecule has 1 rings (SSSR count). The van der Waals surface area contributed by atoms with Crippen LogP contribution in [0.5, 0.6) is 0 Å². The zero-order valence-corrected chi connectivity index (χ0v) is 12.4. The molecule has 1 fully saturated rings. The summed E-state index contributed by atoms with van der Waals surface area (Å²) in [6.45, 7) is 3.81. The van der Waals surface area contributed by atoms with E-state index in [2.05, 4.69) is 5.32 Å². The SMILES string of the molecule is CSC(CO)C(C)NC(=O)[C@H]1CC(C)C[C@H]1C(=O)O. The first-order valence-electron chi connectivity index (χ1n) is 6.57. The predicted octanol–water partition coefficient (Wildman–Crippen LogP) is 0.962. The Labute approximate surface area is 118 Å². The molecule has 0 aliphatic heterocycles. The van der Waals surface area contributed by atoms with Crippen LogP contribution in [0, 0.1) is 17.8 Å². The van der Waals surface area contributed by atoms with E-state index in [4.69, 9.17) is 5.11 Å². The normalized spacial score (nSPS) is 29.8. The van der Waals surface area contributed by atoms with E-state index in [0.717, 1.165) is 0 Å². The number of nitrogens with one attached hydrogen (secondary N) is 1. The zero-order valence-electron chi connectivity index (χ0n) is 11.6. The molecule has 3 N–H and O–H groups in total. The van der Waals surface area contributed by atoms with Gasteiger partial charge in [-0.15, -0.1) is 0 Å². The molecular formula is C13H23NO4S. The Morgan fingerprint density at radius 1 is 1.37 bits per heavy atom. The lowest BCUT2D eigenvalue weighted by molar-refractivity contribution is -0.146. The molecule has 5 atom stereocenters. The average Bonchev–Trinajstić information content (AvgIpc) is 2.73. The number of aliphatic hydroxyl groups is 1. The maximum Gasteiger partial charge on any atom is 0.307 e. The molecule has 0 aromatic heterocycles. The highest BCUT2D eigenvalue weighted by Gasteiger charge is 2.41. The molecule has 3 unspecified atom stereocenters. The van der Waals surface area contributed by atoms with E-state index in [0.29, 0.717) is 12.8 Å². The van der Waals surface area contributed by atoms with Gasteiger partial charge in [0, 0.05) is 11.3 Å². The molecule has 0 radical (unpaired) electrons. The molecule has 0 aromatic rings. The van der Waals surface area contributed by atoms with Gasteiger partial charge in [-0.25, -0.2) is 0 Å². The first-order valence-corrected chi connectivity index (χ1v) is 7.86. The summed E-state index contributed by atoms with van der Waals surface area (Å²) in [6.07, 6.45) is 3.06.